The van der Waals surface area contributed by atoms with Crippen molar-refractivity contribution in [1.29, 1.82) is 0 Å². The van der Waals surface area contributed by atoms with E-state index in [2.05, 4.69) is 4.98 Å². The molecular weight excluding hydrogens is 284 g/mol. The van der Waals surface area contributed by atoms with E-state index in [0.717, 1.165) is 11.4 Å². The molecule has 0 radical (unpaired) electrons. The Kier molecular flexibility index (Phi) is 4.39. The molecule has 0 aliphatic rings. The number of hydrogen-bond acceptors (Lipinski definition) is 4. The van der Waals surface area contributed by atoms with Crippen molar-refractivity contribution in [2.75, 3.05) is 11.4 Å². The Balaban J connectivity index is 2.30. The lowest BCUT2D eigenvalue weighted by atomic mass is 10.2. The molecule has 1 unspecified atom stereocenters. The first-order chi connectivity index (χ1) is 9.08. The smallest absolute Gasteiger partial charge is 0.323 e. The van der Waals surface area contributed by atoms with Crippen molar-refractivity contribution >= 4 is 34.6 Å². The van der Waals surface area contributed by atoms with Crippen molar-refractivity contribution in [3.05, 3.63) is 45.9 Å². The number of aliphatic carboxylic acids is 1. The van der Waals surface area contributed by atoms with Gasteiger partial charge in [0.05, 0.1) is 17.2 Å². The van der Waals surface area contributed by atoms with E-state index in [9.17, 15) is 4.79 Å². The Morgan fingerprint density at radius 2 is 2.16 bits per heavy atom. The van der Waals surface area contributed by atoms with Gasteiger partial charge in [0.1, 0.15) is 6.54 Å². The number of benzene rings is 1. The van der Waals surface area contributed by atoms with E-state index < -0.39 is 5.97 Å². The van der Waals surface area contributed by atoms with Crippen LogP contribution in [0, 0.1) is 0 Å². The monoisotopic (exact) mass is 296 g/mol. The SMILES string of the molecule is CC(c1cscn1)N(CC(=O)O)c1ccc(Cl)cc1. The fraction of sp³-hybridized carbons (Fsp3) is 0.231. The van der Waals surface area contributed by atoms with Crippen molar-refractivity contribution in [2.45, 2.75) is 13.0 Å². The summed E-state index contributed by atoms with van der Waals surface area (Å²) in [6, 6.07) is 7.02. The van der Waals surface area contributed by atoms with E-state index in [1.165, 1.54) is 11.3 Å². The van der Waals surface area contributed by atoms with Crippen LogP contribution in [0.5, 0.6) is 0 Å². The highest BCUT2D eigenvalue weighted by molar-refractivity contribution is 7.07. The van der Waals surface area contributed by atoms with Crippen molar-refractivity contribution in [3.63, 3.8) is 0 Å². The van der Waals surface area contributed by atoms with E-state index in [4.69, 9.17) is 16.7 Å². The van der Waals surface area contributed by atoms with Crippen LogP contribution in [0.3, 0.4) is 0 Å². The van der Waals surface area contributed by atoms with Gasteiger partial charge < -0.3 is 10.0 Å². The average Bonchev–Trinajstić information content (AvgIpc) is 2.90. The van der Waals surface area contributed by atoms with Gasteiger partial charge in [-0.25, -0.2) is 4.98 Å². The highest BCUT2D eigenvalue weighted by Gasteiger charge is 2.20. The predicted octanol–water partition coefficient (Wildman–Crippen LogP) is 3.45. The van der Waals surface area contributed by atoms with Gasteiger partial charge in [0, 0.05) is 16.1 Å². The average molecular weight is 297 g/mol. The van der Waals surface area contributed by atoms with E-state index in [-0.39, 0.29) is 12.6 Å². The molecule has 1 heterocycles. The van der Waals surface area contributed by atoms with Crippen molar-refractivity contribution in [2.24, 2.45) is 0 Å². The molecule has 1 N–H and O–H groups in total. The van der Waals surface area contributed by atoms with E-state index in [0.29, 0.717) is 5.02 Å². The fourth-order valence-corrected chi connectivity index (χ4v) is 2.58. The Hall–Kier alpha value is -1.59. The number of hydrogen-bond donors (Lipinski definition) is 1. The Bertz CT molecular complexity index is 542. The van der Waals surface area contributed by atoms with Crippen LogP contribution in [0.4, 0.5) is 5.69 Å². The summed E-state index contributed by atoms with van der Waals surface area (Å²) in [7, 11) is 0. The summed E-state index contributed by atoms with van der Waals surface area (Å²) in [6.45, 7) is 1.85. The number of rotatable bonds is 5. The number of aromatic nitrogens is 1. The number of carboxylic acids is 1. The highest BCUT2D eigenvalue weighted by atomic mass is 35.5. The molecule has 2 aromatic rings. The van der Waals surface area contributed by atoms with E-state index >= 15 is 0 Å². The largest absolute Gasteiger partial charge is 0.480 e. The Morgan fingerprint density at radius 1 is 1.47 bits per heavy atom. The van der Waals surface area contributed by atoms with Crippen LogP contribution in [0.15, 0.2) is 35.2 Å². The molecular formula is C13H13ClN2O2S. The van der Waals surface area contributed by atoms with E-state index in [1.807, 2.05) is 24.4 Å². The summed E-state index contributed by atoms with van der Waals surface area (Å²) < 4.78 is 0. The van der Waals surface area contributed by atoms with Gasteiger partial charge in [0.25, 0.3) is 0 Å². The van der Waals surface area contributed by atoms with Gasteiger partial charge in [-0.3, -0.25) is 4.79 Å². The summed E-state index contributed by atoms with van der Waals surface area (Å²) >= 11 is 7.35. The van der Waals surface area contributed by atoms with Crippen LogP contribution in [0.1, 0.15) is 18.7 Å². The van der Waals surface area contributed by atoms with Gasteiger partial charge in [0.15, 0.2) is 0 Å². The first-order valence-corrected chi connectivity index (χ1v) is 7.02. The summed E-state index contributed by atoms with van der Waals surface area (Å²) in [5.74, 6) is -0.878. The van der Waals surface area contributed by atoms with Gasteiger partial charge in [0.2, 0.25) is 0 Å². The summed E-state index contributed by atoms with van der Waals surface area (Å²) in [5.41, 5.74) is 3.42. The molecule has 4 nitrogen and oxygen atoms in total. The molecule has 0 aliphatic carbocycles. The molecule has 0 bridgehead atoms. The van der Waals surface area contributed by atoms with Crippen molar-refractivity contribution in [1.82, 2.24) is 4.98 Å². The van der Waals surface area contributed by atoms with E-state index in [1.54, 1.807) is 22.5 Å². The maximum absolute atomic E-state index is 11.0. The summed E-state index contributed by atoms with van der Waals surface area (Å²) in [4.78, 5) is 17.1. The molecule has 100 valence electrons. The predicted molar refractivity (Wildman–Crippen MR) is 77.0 cm³/mol. The van der Waals surface area contributed by atoms with Crippen LogP contribution in [0.2, 0.25) is 5.02 Å². The molecule has 0 fully saturated rings. The minimum absolute atomic E-state index is 0.0830. The van der Waals surface area contributed by atoms with Crippen molar-refractivity contribution in [3.8, 4) is 0 Å². The van der Waals surface area contributed by atoms with Crippen LogP contribution in [0.25, 0.3) is 0 Å². The molecule has 0 aliphatic heterocycles. The van der Waals surface area contributed by atoms with Crippen molar-refractivity contribution < 1.29 is 9.90 Å². The van der Waals surface area contributed by atoms with Crippen LogP contribution >= 0.6 is 22.9 Å². The molecule has 1 aromatic carbocycles. The second-order valence-corrected chi connectivity index (χ2v) is 5.24. The molecule has 19 heavy (non-hydrogen) atoms. The topological polar surface area (TPSA) is 53.4 Å². The zero-order valence-corrected chi connectivity index (χ0v) is 11.9. The van der Waals surface area contributed by atoms with Gasteiger partial charge in [-0.2, -0.15) is 0 Å². The third-order valence-corrected chi connectivity index (χ3v) is 3.67. The quantitative estimate of drug-likeness (QED) is 0.918. The number of carbonyl (C=O) groups is 1. The summed E-state index contributed by atoms with van der Waals surface area (Å²) in [5, 5.41) is 11.6. The number of anilines is 1. The third-order valence-electron chi connectivity index (χ3n) is 2.81. The molecule has 0 spiro atoms. The first-order valence-electron chi connectivity index (χ1n) is 5.70. The standard InChI is InChI=1S/C13H13ClN2O2S/c1-9(12-7-19-8-15-12)16(6-13(17)18)11-4-2-10(14)3-5-11/h2-5,7-9H,6H2,1H3,(H,17,18). The zero-order chi connectivity index (χ0) is 13.8. The number of thiazole rings is 1. The van der Waals surface area contributed by atoms with Gasteiger partial charge in [-0.1, -0.05) is 11.6 Å². The lowest BCUT2D eigenvalue weighted by Crippen LogP contribution is -2.32. The first kappa shape index (κ1) is 13.8. The minimum atomic E-state index is -0.878. The molecule has 6 heteroatoms. The lowest BCUT2D eigenvalue weighted by Gasteiger charge is -2.28. The molecule has 1 aromatic heterocycles. The fourth-order valence-electron chi connectivity index (χ4n) is 1.82. The number of halogens is 1. The lowest BCUT2D eigenvalue weighted by molar-refractivity contribution is -0.135. The Morgan fingerprint density at radius 3 is 2.68 bits per heavy atom. The zero-order valence-electron chi connectivity index (χ0n) is 10.3. The van der Waals surface area contributed by atoms with Gasteiger partial charge >= 0.3 is 5.97 Å². The molecule has 2 rings (SSSR count). The summed E-state index contributed by atoms with van der Waals surface area (Å²) in [6.07, 6.45) is 0. The normalized spacial score (nSPS) is 12.1. The molecule has 1 atom stereocenters. The second kappa shape index (κ2) is 6.04. The van der Waals surface area contributed by atoms with Crippen LogP contribution in [-0.2, 0) is 4.79 Å². The maximum atomic E-state index is 11.0. The molecule has 0 amide bonds. The minimum Gasteiger partial charge on any atom is -0.480 e. The van der Waals surface area contributed by atoms with Crippen LogP contribution < -0.4 is 4.90 Å². The highest BCUT2D eigenvalue weighted by Crippen LogP contribution is 2.27. The molecule has 0 saturated carbocycles. The van der Waals surface area contributed by atoms with Gasteiger partial charge in [-0.05, 0) is 31.2 Å². The Labute approximate surface area is 120 Å². The third kappa shape index (κ3) is 3.45. The number of carboxylic acid groups (broad SMARTS) is 1. The van der Waals surface area contributed by atoms with Crippen LogP contribution in [-0.4, -0.2) is 22.6 Å². The second-order valence-electron chi connectivity index (χ2n) is 4.09. The van der Waals surface area contributed by atoms with Gasteiger partial charge in [-0.15, -0.1) is 11.3 Å². The maximum Gasteiger partial charge on any atom is 0.323 e. The molecule has 0 saturated heterocycles. The number of nitrogens with zero attached hydrogens (tertiary/aromatic N) is 2.